The summed E-state index contributed by atoms with van der Waals surface area (Å²) in [5, 5.41) is 7.78. The van der Waals surface area contributed by atoms with E-state index >= 15 is 0 Å². The Labute approximate surface area is 104 Å². The molecule has 1 heterocycles. The Morgan fingerprint density at radius 1 is 1.41 bits per heavy atom. The molecule has 0 aliphatic heterocycles. The predicted octanol–water partition coefficient (Wildman–Crippen LogP) is 0.778. The van der Waals surface area contributed by atoms with Crippen molar-refractivity contribution in [2.24, 2.45) is 7.05 Å². The van der Waals surface area contributed by atoms with Crippen molar-refractivity contribution < 1.29 is 4.74 Å². The van der Waals surface area contributed by atoms with E-state index in [-0.39, 0.29) is 0 Å². The number of nitrogens with zero attached hydrogens (tertiary/aromatic N) is 3. The molecule has 0 fully saturated rings. The van der Waals surface area contributed by atoms with Crippen LogP contribution in [0.4, 0.5) is 0 Å². The quantitative estimate of drug-likeness (QED) is 0.715. The van der Waals surface area contributed by atoms with Crippen LogP contribution in [0.5, 0.6) is 5.88 Å². The highest BCUT2D eigenvalue weighted by Crippen LogP contribution is 2.20. The van der Waals surface area contributed by atoms with Crippen LogP contribution in [0, 0.1) is 6.92 Å². The average molecular weight is 240 g/mol. The summed E-state index contributed by atoms with van der Waals surface area (Å²) in [6, 6.07) is 0. The summed E-state index contributed by atoms with van der Waals surface area (Å²) in [7, 11) is 7.77. The number of ether oxygens (including phenoxy) is 1. The maximum atomic E-state index is 5.34. The Morgan fingerprint density at radius 3 is 2.71 bits per heavy atom. The van der Waals surface area contributed by atoms with Gasteiger partial charge in [-0.2, -0.15) is 5.10 Å². The molecule has 0 spiro atoms. The highest BCUT2D eigenvalue weighted by Gasteiger charge is 2.12. The van der Waals surface area contributed by atoms with Crippen molar-refractivity contribution >= 4 is 0 Å². The molecule has 0 saturated heterocycles. The molecular formula is C12H24N4O. The Hall–Kier alpha value is -1.07. The van der Waals surface area contributed by atoms with Gasteiger partial charge in [0.1, 0.15) is 0 Å². The Kier molecular flexibility index (Phi) is 5.44. The van der Waals surface area contributed by atoms with E-state index in [1.807, 2.05) is 14.0 Å². The zero-order chi connectivity index (χ0) is 12.8. The summed E-state index contributed by atoms with van der Waals surface area (Å²) in [5.74, 6) is 0.850. The molecule has 0 aliphatic rings. The van der Waals surface area contributed by atoms with Gasteiger partial charge in [-0.15, -0.1) is 0 Å². The molecule has 0 amide bonds. The van der Waals surface area contributed by atoms with E-state index in [0.29, 0.717) is 0 Å². The van der Waals surface area contributed by atoms with E-state index < -0.39 is 0 Å². The fourth-order valence-electron chi connectivity index (χ4n) is 1.87. The molecule has 0 bridgehead atoms. The van der Waals surface area contributed by atoms with Gasteiger partial charge in [0.15, 0.2) is 0 Å². The van der Waals surface area contributed by atoms with Gasteiger partial charge in [-0.25, -0.2) is 4.68 Å². The maximum absolute atomic E-state index is 5.34. The van der Waals surface area contributed by atoms with E-state index in [9.17, 15) is 0 Å². The molecule has 0 saturated carbocycles. The first kappa shape index (κ1) is 14.0. The van der Waals surface area contributed by atoms with Crippen LogP contribution in [0.15, 0.2) is 0 Å². The molecule has 1 aromatic heterocycles. The van der Waals surface area contributed by atoms with E-state index in [4.69, 9.17) is 4.74 Å². The fraction of sp³-hybridized carbons (Fsp3) is 0.750. The standard InChI is InChI=1S/C12H24N4O/c1-10-11(12(17-5)16(4)14-10)9-13-7-6-8-15(2)3/h13H,6-9H2,1-5H3. The SMILES string of the molecule is COc1c(CNCCCN(C)C)c(C)nn1C. The largest absolute Gasteiger partial charge is 0.481 e. The van der Waals surface area contributed by atoms with Gasteiger partial charge in [-0.05, 0) is 40.5 Å². The summed E-state index contributed by atoms with van der Waals surface area (Å²) in [4.78, 5) is 2.19. The van der Waals surface area contributed by atoms with Crippen molar-refractivity contribution in [3.05, 3.63) is 11.3 Å². The maximum Gasteiger partial charge on any atom is 0.216 e. The second-order valence-electron chi connectivity index (χ2n) is 4.53. The van der Waals surface area contributed by atoms with Crippen molar-refractivity contribution in [1.82, 2.24) is 20.0 Å². The summed E-state index contributed by atoms with van der Waals surface area (Å²) >= 11 is 0. The van der Waals surface area contributed by atoms with E-state index in [2.05, 4.69) is 29.4 Å². The van der Waals surface area contributed by atoms with Gasteiger partial charge in [0, 0.05) is 13.6 Å². The average Bonchev–Trinajstić information content (AvgIpc) is 2.52. The van der Waals surface area contributed by atoms with Crippen LogP contribution in [-0.2, 0) is 13.6 Å². The van der Waals surface area contributed by atoms with Gasteiger partial charge in [-0.3, -0.25) is 0 Å². The minimum atomic E-state index is 0.816. The minimum absolute atomic E-state index is 0.816. The topological polar surface area (TPSA) is 42.3 Å². The van der Waals surface area contributed by atoms with Crippen LogP contribution in [-0.4, -0.2) is 49.0 Å². The first-order valence-electron chi connectivity index (χ1n) is 5.98. The smallest absolute Gasteiger partial charge is 0.216 e. The van der Waals surface area contributed by atoms with E-state index in [0.717, 1.165) is 43.2 Å². The van der Waals surface area contributed by atoms with Gasteiger partial charge < -0.3 is 15.0 Å². The minimum Gasteiger partial charge on any atom is -0.481 e. The molecule has 1 aromatic rings. The first-order valence-corrected chi connectivity index (χ1v) is 5.98. The number of hydrogen-bond acceptors (Lipinski definition) is 4. The first-order chi connectivity index (χ1) is 8.06. The van der Waals surface area contributed by atoms with Crippen molar-refractivity contribution in [3.8, 4) is 5.88 Å². The van der Waals surface area contributed by atoms with Gasteiger partial charge in [-0.1, -0.05) is 0 Å². The number of aryl methyl sites for hydroxylation is 2. The van der Waals surface area contributed by atoms with Crippen LogP contribution in [0.25, 0.3) is 0 Å². The lowest BCUT2D eigenvalue weighted by Gasteiger charge is -2.10. The Bertz CT molecular complexity index is 347. The van der Waals surface area contributed by atoms with Crippen molar-refractivity contribution in [3.63, 3.8) is 0 Å². The third-order valence-corrected chi connectivity index (χ3v) is 2.74. The second-order valence-corrected chi connectivity index (χ2v) is 4.53. The number of hydrogen-bond donors (Lipinski definition) is 1. The molecule has 17 heavy (non-hydrogen) atoms. The monoisotopic (exact) mass is 240 g/mol. The molecule has 0 aliphatic carbocycles. The molecule has 98 valence electrons. The zero-order valence-corrected chi connectivity index (χ0v) is 11.6. The summed E-state index contributed by atoms with van der Waals surface area (Å²) in [6.45, 7) is 4.95. The highest BCUT2D eigenvalue weighted by molar-refractivity contribution is 5.30. The van der Waals surface area contributed by atoms with E-state index in [1.54, 1.807) is 11.8 Å². The third kappa shape index (κ3) is 4.02. The summed E-state index contributed by atoms with van der Waals surface area (Å²) in [5.41, 5.74) is 2.18. The predicted molar refractivity (Wildman–Crippen MR) is 69.4 cm³/mol. The van der Waals surface area contributed by atoms with Gasteiger partial charge in [0.2, 0.25) is 5.88 Å². The molecule has 1 N–H and O–H groups in total. The van der Waals surface area contributed by atoms with Crippen LogP contribution in [0.3, 0.4) is 0 Å². The Morgan fingerprint density at radius 2 is 2.12 bits per heavy atom. The van der Waals surface area contributed by atoms with Crippen LogP contribution >= 0.6 is 0 Å². The Balaban J connectivity index is 2.41. The molecule has 1 rings (SSSR count). The lowest BCUT2D eigenvalue weighted by molar-refractivity contribution is 0.366. The molecule has 0 radical (unpaired) electrons. The summed E-state index contributed by atoms with van der Waals surface area (Å²) in [6.07, 6.45) is 1.15. The molecule has 5 nitrogen and oxygen atoms in total. The third-order valence-electron chi connectivity index (χ3n) is 2.74. The fourth-order valence-corrected chi connectivity index (χ4v) is 1.87. The number of aromatic nitrogens is 2. The highest BCUT2D eigenvalue weighted by atomic mass is 16.5. The molecule has 0 atom stereocenters. The van der Waals surface area contributed by atoms with Gasteiger partial charge in [0.25, 0.3) is 0 Å². The number of rotatable bonds is 7. The number of methoxy groups -OCH3 is 1. The van der Waals surface area contributed by atoms with E-state index in [1.165, 1.54) is 0 Å². The zero-order valence-electron chi connectivity index (χ0n) is 11.6. The molecular weight excluding hydrogens is 216 g/mol. The van der Waals surface area contributed by atoms with Gasteiger partial charge in [0.05, 0.1) is 18.4 Å². The normalized spacial score (nSPS) is 11.2. The molecule has 0 unspecified atom stereocenters. The van der Waals surface area contributed by atoms with Crippen molar-refractivity contribution in [1.29, 1.82) is 0 Å². The molecule has 5 heteroatoms. The lowest BCUT2D eigenvalue weighted by atomic mass is 10.2. The second kappa shape index (κ2) is 6.61. The van der Waals surface area contributed by atoms with Crippen molar-refractivity contribution in [2.75, 3.05) is 34.3 Å². The van der Waals surface area contributed by atoms with Gasteiger partial charge >= 0.3 is 0 Å². The van der Waals surface area contributed by atoms with Crippen molar-refractivity contribution in [2.45, 2.75) is 19.9 Å². The number of nitrogens with one attached hydrogen (secondary N) is 1. The van der Waals surface area contributed by atoms with Crippen LogP contribution < -0.4 is 10.1 Å². The molecule has 0 aromatic carbocycles. The summed E-state index contributed by atoms with van der Waals surface area (Å²) < 4.78 is 7.13. The lowest BCUT2D eigenvalue weighted by Crippen LogP contribution is -2.21. The van der Waals surface area contributed by atoms with Crippen LogP contribution in [0.1, 0.15) is 17.7 Å². The van der Waals surface area contributed by atoms with Crippen LogP contribution in [0.2, 0.25) is 0 Å².